The molecule has 8 heteroatoms. The third kappa shape index (κ3) is 4.60. The average Bonchev–Trinajstić information content (AvgIpc) is 3.36. The summed E-state index contributed by atoms with van der Waals surface area (Å²) < 4.78 is 18.4. The third-order valence-electron chi connectivity index (χ3n) is 5.02. The summed E-state index contributed by atoms with van der Waals surface area (Å²) in [6.07, 6.45) is 5.11. The summed E-state index contributed by atoms with van der Waals surface area (Å²) in [5.74, 6) is 2.61. The van der Waals surface area contributed by atoms with Crippen LogP contribution in [-0.2, 0) is 0 Å². The number of unbranched alkanes of at least 4 members (excludes halogenated alkanes) is 2. The summed E-state index contributed by atoms with van der Waals surface area (Å²) in [6, 6.07) is 13.1. The fraction of sp³-hybridized carbons (Fsp3) is 0.292. The van der Waals surface area contributed by atoms with Crippen molar-refractivity contribution in [2.75, 3.05) is 20.8 Å². The summed E-state index contributed by atoms with van der Waals surface area (Å²) in [7, 11) is 3.23. The molecule has 2 aromatic heterocycles. The molecule has 0 saturated heterocycles. The predicted octanol–water partition coefficient (Wildman–Crippen LogP) is 3.95. The summed E-state index contributed by atoms with van der Waals surface area (Å²) in [4.78, 5) is 17.9. The molecule has 2 aromatic carbocycles. The van der Waals surface area contributed by atoms with Gasteiger partial charge in [-0.25, -0.2) is 0 Å². The van der Waals surface area contributed by atoms with Crippen LogP contribution >= 0.6 is 11.3 Å². The summed E-state index contributed by atoms with van der Waals surface area (Å²) >= 11 is 1.30. The maximum Gasteiger partial charge on any atom is 0.291 e. The maximum absolute atomic E-state index is 12.9. The van der Waals surface area contributed by atoms with Crippen molar-refractivity contribution in [3.05, 3.63) is 62.9 Å². The molecule has 0 fully saturated rings. The van der Waals surface area contributed by atoms with Crippen molar-refractivity contribution in [2.24, 2.45) is 0 Å². The minimum atomic E-state index is -0.198. The Labute approximate surface area is 189 Å². The van der Waals surface area contributed by atoms with Crippen molar-refractivity contribution < 1.29 is 14.2 Å². The Morgan fingerprint density at radius 3 is 2.53 bits per heavy atom. The van der Waals surface area contributed by atoms with Crippen LogP contribution in [0.1, 0.15) is 31.7 Å². The molecule has 0 aliphatic carbocycles. The molecule has 0 unspecified atom stereocenters. The first kappa shape index (κ1) is 21.8. The minimum absolute atomic E-state index is 0.198. The number of fused-ring (bicyclic) bond motifs is 1. The smallest absolute Gasteiger partial charge is 0.291 e. The summed E-state index contributed by atoms with van der Waals surface area (Å²) in [5.41, 5.74) is 1.47. The molecule has 32 heavy (non-hydrogen) atoms. The number of aromatic nitrogens is 3. The van der Waals surface area contributed by atoms with Gasteiger partial charge >= 0.3 is 0 Å². The lowest BCUT2D eigenvalue weighted by Crippen LogP contribution is -2.23. The Balaban J connectivity index is 1.60. The number of benzene rings is 2. The first-order valence-corrected chi connectivity index (χ1v) is 11.3. The second-order valence-corrected chi connectivity index (χ2v) is 8.25. The lowest BCUT2D eigenvalue weighted by molar-refractivity contribution is 0.286. The summed E-state index contributed by atoms with van der Waals surface area (Å²) in [6.45, 7) is 2.81. The van der Waals surface area contributed by atoms with Gasteiger partial charge in [0, 0.05) is 5.56 Å². The van der Waals surface area contributed by atoms with Crippen LogP contribution in [0.3, 0.4) is 0 Å². The van der Waals surface area contributed by atoms with Gasteiger partial charge in [0.2, 0.25) is 4.96 Å². The molecule has 166 valence electrons. The van der Waals surface area contributed by atoms with Crippen molar-refractivity contribution >= 4 is 22.4 Å². The van der Waals surface area contributed by atoms with Gasteiger partial charge in [0.05, 0.1) is 25.4 Å². The molecule has 7 nitrogen and oxygen atoms in total. The van der Waals surface area contributed by atoms with E-state index in [9.17, 15) is 4.79 Å². The van der Waals surface area contributed by atoms with Gasteiger partial charge < -0.3 is 14.2 Å². The van der Waals surface area contributed by atoms with Crippen LogP contribution in [0.4, 0.5) is 0 Å². The summed E-state index contributed by atoms with van der Waals surface area (Å²) in [5, 5.41) is 4.39. The number of hydrogen-bond acceptors (Lipinski definition) is 7. The fourth-order valence-corrected chi connectivity index (χ4v) is 4.18. The van der Waals surface area contributed by atoms with Gasteiger partial charge in [0.15, 0.2) is 17.3 Å². The van der Waals surface area contributed by atoms with Gasteiger partial charge in [0.25, 0.3) is 5.56 Å². The molecule has 0 aliphatic heterocycles. The number of thiazole rings is 1. The molecule has 0 N–H and O–H groups in total. The van der Waals surface area contributed by atoms with Gasteiger partial charge in [-0.2, -0.15) is 9.50 Å². The Hall–Kier alpha value is -3.39. The van der Waals surface area contributed by atoms with E-state index in [2.05, 4.69) is 17.0 Å². The molecule has 4 rings (SSSR count). The van der Waals surface area contributed by atoms with Crippen molar-refractivity contribution in [3.63, 3.8) is 0 Å². The van der Waals surface area contributed by atoms with Gasteiger partial charge in [0.1, 0.15) is 5.75 Å². The van der Waals surface area contributed by atoms with E-state index in [0.717, 1.165) is 36.1 Å². The highest BCUT2D eigenvalue weighted by molar-refractivity contribution is 7.15. The number of methoxy groups -OCH3 is 2. The molecule has 0 aliphatic rings. The monoisotopic (exact) mass is 451 g/mol. The van der Waals surface area contributed by atoms with Crippen LogP contribution in [0.25, 0.3) is 22.4 Å². The molecular formula is C24H25N3O4S. The number of rotatable bonds is 9. The van der Waals surface area contributed by atoms with E-state index in [-0.39, 0.29) is 5.56 Å². The molecule has 0 spiro atoms. The van der Waals surface area contributed by atoms with E-state index in [0.29, 0.717) is 33.4 Å². The van der Waals surface area contributed by atoms with Crippen molar-refractivity contribution in [3.8, 4) is 28.6 Å². The molecule has 0 radical (unpaired) electrons. The van der Waals surface area contributed by atoms with Crippen molar-refractivity contribution in [1.82, 2.24) is 14.6 Å². The van der Waals surface area contributed by atoms with Crippen LogP contribution in [-0.4, -0.2) is 35.4 Å². The van der Waals surface area contributed by atoms with Gasteiger partial charge in [-0.3, -0.25) is 4.79 Å². The first-order chi connectivity index (χ1) is 15.6. The normalized spacial score (nSPS) is 11.8. The highest BCUT2D eigenvalue weighted by Crippen LogP contribution is 2.28. The number of ether oxygens (including phenoxy) is 3. The predicted molar refractivity (Wildman–Crippen MR) is 126 cm³/mol. The molecule has 4 aromatic rings. The Kier molecular flexibility index (Phi) is 6.70. The van der Waals surface area contributed by atoms with Crippen LogP contribution in [0.5, 0.6) is 17.2 Å². The van der Waals surface area contributed by atoms with E-state index >= 15 is 0 Å². The lowest BCUT2D eigenvalue weighted by Gasteiger charge is -2.11. The Morgan fingerprint density at radius 2 is 1.84 bits per heavy atom. The van der Waals surface area contributed by atoms with Crippen LogP contribution < -0.4 is 24.3 Å². The van der Waals surface area contributed by atoms with Gasteiger partial charge in [-0.15, -0.1) is 5.10 Å². The molecular weight excluding hydrogens is 426 g/mol. The van der Waals surface area contributed by atoms with Gasteiger partial charge in [-0.1, -0.05) is 37.2 Å². The SMILES string of the molecule is CCCCCOc1ccc(/C=c2\sc3nc(-c4ccc(OC)cc4)nn3c2=O)cc1OC. The first-order valence-electron chi connectivity index (χ1n) is 10.5. The minimum Gasteiger partial charge on any atom is -0.497 e. The van der Waals surface area contributed by atoms with Crippen molar-refractivity contribution in [1.29, 1.82) is 0 Å². The molecule has 0 saturated carbocycles. The number of nitrogens with zero attached hydrogens (tertiary/aromatic N) is 3. The van der Waals surface area contributed by atoms with E-state index in [1.165, 1.54) is 15.9 Å². The van der Waals surface area contributed by atoms with E-state index < -0.39 is 0 Å². The Bertz CT molecular complexity index is 1310. The largest absolute Gasteiger partial charge is 0.497 e. The standard InChI is InChI=1S/C24H25N3O4S/c1-4-5-6-13-31-19-12-7-16(14-20(19)30-3)15-21-23(28)27-24(32-21)25-22(26-27)17-8-10-18(29-2)11-9-17/h7-12,14-15H,4-6,13H2,1-3H3/b21-15-. The Morgan fingerprint density at radius 1 is 1.03 bits per heavy atom. The molecule has 0 bridgehead atoms. The van der Waals surface area contributed by atoms with Crippen LogP contribution in [0, 0.1) is 0 Å². The highest BCUT2D eigenvalue weighted by Gasteiger charge is 2.12. The maximum atomic E-state index is 12.9. The third-order valence-corrected chi connectivity index (χ3v) is 5.98. The fourth-order valence-electron chi connectivity index (χ4n) is 3.27. The molecule has 0 amide bonds. The average molecular weight is 452 g/mol. The zero-order valence-corrected chi connectivity index (χ0v) is 19.1. The number of hydrogen-bond donors (Lipinski definition) is 0. The lowest BCUT2D eigenvalue weighted by atomic mass is 10.2. The quantitative estimate of drug-likeness (QED) is 0.359. The second-order valence-electron chi connectivity index (χ2n) is 7.24. The van der Waals surface area contributed by atoms with Crippen molar-refractivity contribution in [2.45, 2.75) is 26.2 Å². The van der Waals surface area contributed by atoms with E-state index in [1.807, 2.05) is 48.5 Å². The molecule has 0 atom stereocenters. The zero-order valence-electron chi connectivity index (χ0n) is 18.3. The topological polar surface area (TPSA) is 75.0 Å². The van der Waals surface area contributed by atoms with Gasteiger partial charge in [-0.05, 0) is 54.5 Å². The van der Waals surface area contributed by atoms with E-state index in [1.54, 1.807) is 14.2 Å². The van der Waals surface area contributed by atoms with E-state index in [4.69, 9.17) is 14.2 Å². The van der Waals surface area contributed by atoms with Crippen LogP contribution in [0.15, 0.2) is 47.3 Å². The highest BCUT2D eigenvalue weighted by atomic mass is 32.1. The zero-order chi connectivity index (χ0) is 22.5. The van der Waals surface area contributed by atoms with Crippen LogP contribution in [0.2, 0.25) is 0 Å². The molecule has 2 heterocycles. The second kappa shape index (κ2) is 9.82.